The molecule has 1 aromatic carbocycles. The first-order chi connectivity index (χ1) is 11.1. The van der Waals surface area contributed by atoms with Gasteiger partial charge in [-0.2, -0.15) is 0 Å². The SMILES string of the molecule is CC(O)CC(CNc1cc(Cl)nc(C2CC2)n1)c1ccccc1. The van der Waals surface area contributed by atoms with E-state index in [0.29, 0.717) is 24.0 Å². The number of nitrogens with zero attached hydrogens (tertiary/aromatic N) is 2. The van der Waals surface area contributed by atoms with Crippen LogP contribution >= 0.6 is 11.6 Å². The number of aliphatic hydroxyl groups is 1. The van der Waals surface area contributed by atoms with Crippen LogP contribution in [0.2, 0.25) is 5.15 Å². The fourth-order valence-corrected chi connectivity index (χ4v) is 2.94. The van der Waals surface area contributed by atoms with E-state index in [1.807, 2.05) is 25.1 Å². The maximum absolute atomic E-state index is 9.78. The van der Waals surface area contributed by atoms with Crippen LogP contribution < -0.4 is 5.32 Å². The molecule has 1 aromatic heterocycles. The van der Waals surface area contributed by atoms with E-state index < -0.39 is 0 Å². The summed E-state index contributed by atoms with van der Waals surface area (Å²) < 4.78 is 0. The minimum atomic E-state index is -0.349. The van der Waals surface area contributed by atoms with Gasteiger partial charge in [0.2, 0.25) is 0 Å². The van der Waals surface area contributed by atoms with Crippen molar-refractivity contribution in [3.8, 4) is 0 Å². The highest BCUT2D eigenvalue weighted by molar-refractivity contribution is 6.29. The average Bonchev–Trinajstić information content (AvgIpc) is 3.36. The molecular weight excluding hydrogens is 310 g/mol. The number of anilines is 1. The van der Waals surface area contributed by atoms with Crippen LogP contribution in [0.3, 0.4) is 0 Å². The van der Waals surface area contributed by atoms with Crippen LogP contribution in [0.4, 0.5) is 5.82 Å². The van der Waals surface area contributed by atoms with Crippen molar-refractivity contribution in [2.24, 2.45) is 0 Å². The first-order valence-corrected chi connectivity index (χ1v) is 8.51. The molecule has 2 atom stereocenters. The average molecular weight is 332 g/mol. The molecule has 0 amide bonds. The van der Waals surface area contributed by atoms with Gasteiger partial charge in [0.1, 0.15) is 16.8 Å². The molecule has 1 fully saturated rings. The Morgan fingerprint density at radius 3 is 2.65 bits per heavy atom. The normalized spacial score (nSPS) is 16.8. The van der Waals surface area contributed by atoms with Crippen molar-refractivity contribution in [3.05, 3.63) is 52.9 Å². The van der Waals surface area contributed by atoms with Gasteiger partial charge in [-0.25, -0.2) is 9.97 Å². The predicted molar refractivity (Wildman–Crippen MR) is 93.0 cm³/mol. The van der Waals surface area contributed by atoms with E-state index in [1.54, 1.807) is 6.07 Å². The maximum Gasteiger partial charge on any atom is 0.135 e. The Morgan fingerprint density at radius 1 is 1.26 bits per heavy atom. The molecule has 0 bridgehead atoms. The summed E-state index contributed by atoms with van der Waals surface area (Å²) in [5.41, 5.74) is 1.21. The fraction of sp³-hybridized carbons (Fsp3) is 0.444. The Hall–Kier alpha value is -1.65. The van der Waals surface area contributed by atoms with Crippen LogP contribution in [-0.4, -0.2) is 27.7 Å². The molecule has 3 rings (SSSR count). The molecule has 122 valence electrons. The van der Waals surface area contributed by atoms with Crippen LogP contribution in [0.25, 0.3) is 0 Å². The Morgan fingerprint density at radius 2 is 2.00 bits per heavy atom. The molecule has 0 spiro atoms. The lowest BCUT2D eigenvalue weighted by Gasteiger charge is -2.20. The topological polar surface area (TPSA) is 58.0 Å². The van der Waals surface area contributed by atoms with Gasteiger partial charge in [0.15, 0.2) is 0 Å². The van der Waals surface area contributed by atoms with E-state index in [9.17, 15) is 5.11 Å². The highest BCUT2D eigenvalue weighted by Gasteiger charge is 2.27. The molecule has 1 aliphatic rings. The van der Waals surface area contributed by atoms with Crippen LogP contribution in [0.5, 0.6) is 0 Å². The van der Waals surface area contributed by atoms with Gasteiger partial charge < -0.3 is 10.4 Å². The number of nitrogens with one attached hydrogen (secondary N) is 1. The van der Waals surface area contributed by atoms with Crippen LogP contribution in [0.1, 0.15) is 49.4 Å². The summed E-state index contributed by atoms with van der Waals surface area (Å²) in [5, 5.41) is 13.6. The summed E-state index contributed by atoms with van der Waals surface area (Å²) in [6, 6.07) is 12.0. The van der Waals surface area contributed by atoms with Crippen molar-refractivity contribution in [1.29, 1.82) is 0 Å². The molecule has 2 aromatic rings. The summed E-state index contributed by atoms with van der Waals surface area (Å²) in [4.78, 5) is 8.88. The largest absolute Gasteiger partial charge is 0.393 e. The third-order valence-corrected chi connectivity index (χ3v) is 4.27. The molecule has 0 saturated heterocycles. The minimum Gasteiger partial charge on any atom is -0.393 e. The van der Waals surface area contributed by atoms with Crippen LogP contribution in [0, 0.1) is 0 Å². The van der Waals surface area contributed by atoms with Crippen molar-refractivity contribution < 1.29 is 5.11 Å². The molecule has 0 aliphatic heterocycles. The predicted octanol–water partition coefficient (Wildman–Crippen LogP) is 3.97. The van der Waals surface area contributed by atoms with Gasteiger partial charge in [0.05, 0.1) is 6.10 Å². The maximum atomic E-state index is 9.78. The molecule has 1 heterocycles. The van der Waals surface area contributed by atoms with Crippen molar-refractivity contribution >= 4 is 17.4 Å². The first-order valence-electron chi connectivity index (χ1n) is 8.13. The second-order valence-corrected chi connectivity index (χ2v) is 6.67. The standard InChI is InChI=1S/C18H22ClN3O/c1-12(23)9-15(13-5-3-2-4-6-13)11-20-17-10-16(19)21-18(22-17)14-7-8-14/h2-6,10,12,14-15,23H,7-9,11H2,1H3,(H,20,21,22). The number of aliphatic hydroxyl groups excluding tert-OH is 1. The third-order valence-electron chi connectivity index (χ3n) is 4.08. The fourth-order valence-electron chi connectivity index (χ4n) is 2.75. The molecule has 2 unspecified atom stereocenters. The van der Waals surface area contributed by atoms with Crippen molar-refractivity contribution in [1.82, 2.24) is 9.97 Å². The number of aromatic nitrogens is 2. The van der Waals surface area contributed by atoms with Gasteiger partial charge in [0, 0.05) is 24.4 Å². The minimum absolute atomic E-state index is 0.217. The van der Waals surface area contributed by atoms with Gasteiger partial charge in [-0.1, -0.05) is 41.9 Å². The summed E-state index contributed by atoms with van der Waals surface area (Å²) in [5.74, 6) is 2.29. The Balaban J connectivity index is 1.71. The number of hydrogen-bond donors (Lipinski definition) is 2. The summed E-state index contributed by atoms with van der Waals surface area (Å²) in [7, 11) is 0. The van der Waals surface area contributed by atoms with Gasteiger partial charge >= 0.3 is 0 Å². The van der Waals surface area contributed by atoms with E-state index >= 15 is 0 Å². The lowest BCUT2D eigenvalue weighted by Crippen LogP contribution is -2.18. The zero-order valence-corrected chi connectivity index (χ0v) is 14.0. The van der Waals surface area contributed by atoms with E-state index in [0.717, 1.165) is 24.5 Å². The first kappa shape index (κ1) is 16.2. The Bertz CT molecular complexity index is 644. The quantitative estimate of drug-likeness (QED) is 0.754. The molecule has 1 saturated carbocycles. The molecule has 1 aliphatic carbocycles. The summed E-state index contributed by atoms with van der Waals surface area (Å²) >= 11 is 6.11. The van der Waals surface area contributed by atoms with Gasteiger partial charge in [0.25, 0.3) is 0 Å². The monoisotopic (exact) mass is 331 g/mol. The Labute approximate surface area is 141 Å². The lowest BCUT2D eigenvalue weighted by atomic mass is 9.93. The lowest BCUT2D eigenvalue weighted by molar-refractivity contribution is 0.175. The van der Waals surface area contributed by atoms with Gasteiger partial charge in [-0.15, -0.1) is 0 Å². The van der Waals surface area contributed by atoms with Crippen molar-refractivity contribution in [2.75, 3.05) is 11.9 Å². The number of benzene rings is 1. The number of hydrogen-bond acceptors (Lipinski definition) is 4. The zero-order chi connectivity index (χ0) is 16.2. The molecule has 0 radical (unpaired) electrons. The summed E-state index contributed by atoms with van der Waals surface area (Å²) in [6.07, 6.45) is 2.65. The third kappa shape index (κ3) is 4.66. The van der Waals surface area contributed by atoms with Crippen LogP contribution in [-0.2, 0) is 0 Å². The van der Waals surface area contributed by atoms with E-state index in [1.165, 1.54) is 5.56 Å². The molecule has 23 heavy (non-hydrogen) atoms. The number of rotatable bonds is 7. The highest BCUT2D eigenvalue weighted by Crippen LogP contribution is 2.38. The van der Waals surface area contributed by atoms with Crippen LogP contribution in [0.15, 0.2) is 36.4 Å². The van der Waals surface area contributed by atoms with Crippen molar-refractivity contribution in [2.45, 2.75) is 44.1 Å². The highest BCUT2D eigenvalue weighted by atomic mass is 35.5. The molecule has 5 heteroatoms. The summed E-state index contributed by atoms with van der Waals surface area (Å²) in [6.45, 7) is 2.52. The molecule has 4 nitrogen and oxygen atoms in total. The second kappa shape index (κ2) is 7.28. The molecule has 2 N–H and O–H groups in total. The Kier molecular flexibility index (Phi) is 5.13. The zero-order valence-electron chi connectivity index (χ0n) is 13.2. The second-order valence-electron chi connectivity index (χ2n) is 6.28. The van der Waals surface area contributed by atoms with E-state index in [-0.39, 0.29) is 12.0 Å². The number of halogens is 1. The van der Waals surface area contributed by atoms with Crippen molar-refractivity contribution in [3.63, 3.8) is 0 Å². The van der Waals surface area contributed by atoms with E-state index in [2.05, 4.69) is 27.4 Å². The van der Waals surface area contributed by atoms with Gasteiger partial charge in [-0.3, -0.25) is 0 Å². The van der Waals surface area contributed by atoms with E-state index in [4.69, 9.17) is 11.6 Å². The van der Waals surface area contributed by atoms with Gasteiger partial charge in [-0.05, 0) is 31.7 Å². The smallest absolute Gasteiger partial charge is 0.135 e. The molecular formula is C18H22ClN3O.